The molecule has 27 heavy (non-hydrogen) atoms. The van der Waals surface area contributed by atoms with E-state index in [0.29, 0.717) is 5.69 Å². The molecule has 3 rings (SSSR count). The van der Waals surface area contributed by atoms with E-state index in [1.54, 1.807) is 0 Å². The van der Waals surface area contributed by atoms with Crippen molar-refractivity contribution < 1.29 is 27.5 Å². The molecule has 1 saturated heterocycles. The molecule has 3 N–H and O–H groups in total. The van der Waals surface area contributed by atoms with E-state index in [1.807, 2.05) is 0 Å². The number of ether oxygens (including phenoxy) is 1. The molecule has 1 fully saturated rings. The fourth-order valence-electron chi connectivity index (χ4n) is 2.93. The third-order valence-electron chi connectivity index (χ3n) is 4.23. The van der Waals surface area contributed by atoms with Crippen molar-refractivity contribution in [2.75, 3.05) is 19.0 Å². The van der Waals surface area contributed by atoms with Crippen LogP contribution in [0.15, 0.2) is 36.4 Å². The quantitative estimate of drug-likeness (QED) is 0.764. The zero-order valence-corrected chi connectivity index (χ0v) is 14.2. The van der Waals surface area contributed by atoms with Gasteiger partial charge >= 0.3 is 6.03 Å². The van der Waals surface area contributed by atoms with E-state index >= 15 is 0 Å². The van der Waals surface area contributed by atoms with Crippen molar-refractivity contribution in [2.24, 2.45) is 0 Å². The minimum Gasteiger partial charge on any atom is -0.497 e. The van der Waals surface area contributed by atoms with Gasteiger partial charge in [0.05, 0.1) is 7.11 Å². The maximum Gasteiger partial charge on any atom is 0.319 e. The molecule has 2 aromatic rings. The van der Waals surface area contributed by atoms with Crippen LogP contribution in [0.3, 0.4) is 0 Å². The van der Waals surface area contributed by atoms with Gasteiger partial charge in [-0.1, -0.05) is 0 Å². The molecule has 0 saturated carbocycles. The molecule has 0 aromatic heterocycles. The van der Waals surface area contributed by atoms with Gasteiger partial charge in [0.25, 0.3) is 0 Å². The van der Waals surface area contributed by atoms with Crippen molar-refractivity contribution >= 4 is 17.6 Å². The largest absolute Gasteiger partial charge is 0.497 e. The number of carbonyl (C=O) groups is 2. The summed E-state index contributed by atoms with van der Waals surface area (Å²) in [6, 6.07) is 5.07. The number of hydrogen-bond acceptors (Lipinski definition) is 3. The standard InChI is InChI=1S/C18H16F3N3O3/c1-27-11-6-13(20)15(14(21)7-11)12-8-22-17(25)16(12)24-18(26)23-10-4-2-9(19)3-5-10/h2-7,12,16H,8H2,1H3,(H,22,25)(H2,23,24,26)/t12-,16-/m0/s1. The Labute approximate surface area is 152 Å². The highest BCUT2D eigenvalue weighted by molar-refractivity contribution is 5.95. The number of hydrogen-bond donors (Lipinski definition) is 3. The van der Waals surface area contributed by atoms with Gasteiger partial charge in [-0.2, -0.15) is 0 Å². The first-order valence-corrected chi connectivity index (χ1v) is 8.02. The summed E-state index contributed by atoms with van der Waals surface area (Å²) in [6.07, 6.45) is 0. The van der Waals surface area contributed by atoms with Crippen molar-refractivity contribution in [3.8, 4) is 5.75 Å². The molecule has 0 radical (unpaired) electrons. The summed E-state index contributed by atoms with van der Waals surface area (Å²) in [7, 11) is 1.28. The Kier molecular flexibility index (Phi) is 5.20. The topological polar surface area (TPSA) is 79.5 Å². The first-order valence-electron chi connectivity index (χ1n) is 8.02. The molecular formula is C18H16F3N3O3. The number of halogens is 3. The SMILES string of the molecule is COc1cc(F)c([C@@H]2CNC(=O)[C@H]2NC(=O)Nc2ccc(F)cc2)c(F)c1. The molecule has 0 spiro atoms. The fourth-order valence-corrected chi connectivity index (χ4v) is 2.93. The molecule has 3 amide bonds. The summed E-state index contributed by atoms with van der Waals surface area (Å²) in [5.74, 6) is -3.73. The van der Waals surface area contributed by atoms with Crippen LogP contribution in [0.25, 0.3) is 0 Å². The van der Waals surface area contributed by atoms with Gasteiger partial charge in [-0.15, -0.1) is 0 Å². The van der Waals surface area contributed by atoms with E-state index in [2.05, 4.69) is 16.0 Å². The van der Waals surface area contributed by atoms with E-state index < -0.39 is 41.3 Å². The Balaban J connectivity index is 1.78. The van der Waals surface area contributed by atoms with Gasteiger partial charge in [0, 0.05) is 35.8 Å². The molecule has 9 heteroatoms. The highest BCUT2D eigenvalue weighted by Crippen LogP contribution is 2.31. The maximum absolute atomic E-state index is 14.3. The van der Waals surface area contributed by atoms with E-state index in [9.17, 15) is 22.8 Å². The summed E-state index contributed by atoms with van der Waals surface area (Å²) in [5.41, 5.74) is -0.0214. The Morgan fingerprint density at radius 2 is 1.78 bits per heavy atom. The Morgan fingerprint density at radius 1 is 1.15 bits per heavy atom. The van der Waals surface area contributed by atoms with Crippen molar-refractivity contribution in [1.29, 1.82) is 0 Å². The number of rotatable bonds is 4. The molecule has 1 aliphatic heterocycles. The van der Waals surface area contributed by atoms with Crippen LogP contribution in [0.1, 0.15) is 11.5 Å². The van der Waals surface area contributed by atoms with Crippen LogP contribution < -0.4 is 20.7 Å². The fraction of sp³-hybridized carbons (Fsp3) is 0.222. The second-order valence-electron chi connectivity index (χ2n) is 5.94. The molecule has 2 aromatic carbocycles. The van der Waals surface area contributed by atoms with Gasteiger partial charge in [-0.3, -0.25) is 4.79 Å². The number of urea groups is 1. The van der Waals surface area contributed by atoms with Crippen LogP contribution >= 0.6 is 0 Å². The lowest BCUT2D eigenvalue weighted by Gasteiger charge is -2.20. The molecule has 1 aliphatic rings. The average molecular weight is 379 g/mol. The van der Waals surface area contributed by atoms with Crippen molar-refractivity contribution in [3.05, 3.63) is 59.4 Å². The number of nitrogens with one attached hydrogen (secondary N) is 3. The van der Waals surface area contributed by atoms with E-state index in [1.165, 1.54) is 19.2 Å². The Hall–Kier alpha value is -3.23. The predicted molar refractivity (Wildman–Crippen MR) is 91.0 cm³/mol. The highest BCUT2D eigenvalue weighted by Gasteiger charge is 2.40. The number of anilines is 1. The zero-order chi connectivity index (χ0) is 19.6. The molecule has 0 bridgehead atoms. The van der Waals surface area contributed by atoms with Crippen LogP contribution in [0.2, 0.25) is 0 Å². The summed E-state index contributed by atoms with van der Waals surface area (Å²) in [4.78, 5) is 24.2. The summed E-state index contributed by atoms with van der Waals surface area (Å²) in [5, 5.41) is 7.32. The van der Waals surface area contributed by atoms with Crippen LogP contribution in [0.4, 0.5) is 23.7 Å². The first kappa shape index (κ1) is 18.6. The van der Waals surface area contributed by atoms with Crippen molar-refractivity contribution in [1.82, 2.24) is 10.6 Å². The van der Waals surface area contributed by atoms with Crippen LogP contribution in [0.5, 0.6) is 5.75 Å². The smallest absolute Gasteiger partial charge is 0.319 e. The van der Waals surface area contributed by atoms with Gasteiger partial charge < -0.3 is 20.7 Å². The predicted octanol–water partition coefficient (Wildman–Crippen LogP) is 2.52. The molecule has 2 atom stereocenters. The summed E-state index contributed by atoms with van der Waals surface area (Å²) >= 11 is 0. The zero-order valence-electron chi connectivity index (χ0n) is 14.2. The van der Waals surface area contributed by atoms with E-state index in [-0.39, 0.29) is 17.9 Å². The number of carbonyl (C=O) groups excluding carboxylic acids is 2. The number of amides is 3. The Bertz CT molecular complexity index is 851. The number of methoxy groups -OCH3 is 1. The monoisotopic (exact) mass is 379 g/mol. The summed E-state index contributed by atoms with van der Waals surface area (Å²) < 4.78 is 46.4. The van der Waals surface area contributed by atoms with Crippen LogP contribution in [-0.2, 0) is 4.79 Å². The van der Waals surface area contributed by atoms with Gasteiger partial charge in [0.2, 0.25) is 5.91 Å². The lowest BCUT2D eigenvalue weighted by molar-refractivity contribution is -0.120. The lowest BCUT2D eigenvalue weighted by Crippen LogP contribution is -2.45. The van der Waals surface area contributed by atoms with E-state index in [0.717, 1.165) is 24.3 Å². The lowest BCUT2D eigenvalue weighted by atomic mass is 9.93. The third-order valence-corrected chi connectivity index (χ3v) is 4.23. The molecule has 1 heterocycles. The van der Waals surface area contributed by atoms with Gasteiger partial charge in [0.15, 0.2) is 0 Å². The van der Waals surface area contributed by atoms with Crippen molar-refractivity contribution in [2.45, 2.75) is 12.0 Å². The minimum absolute atomic E-state index is 0.00425. The van der Waals surface area contributed by atoms with Crippen LogP contribution in [0, 0.1) is 17.5 Å². The third kappa shape index (κ3) is 3.97. The molecule has 0 unspecified atom stereocenters. The highest BCUT2D eigenvalue weighted by atomic mass is 19.1. The molecular weight excluding hydrogens is 363 g/mol. The van der Waals surface area contributed by atoms with Crippen molar-refractivity contribution in [3.63, 3.8) is 0 Å². The van der Waals surface area contributed by atoms with Gasteiger partial charge in [-0.05, 0) is 24.3 Å². The average Bonchev–Trinajstić information content (AvgIpc) is 2.97. The first-order chi connectivity index (χ1) is 12.9. The number of benzene rings is 2. The minimum atomic E-state index is -1.18. The normalized spacial score (nSPS) is 18.7. The second-order valence-corrected chi connectivity index (χ2v) is 5.94. The molecule has 6 nitrogen and oxygen atoms in total. The van der Waals surface area contributed by atoms with Gasteiger partial charge in [-0.25, -0.2) is 18.0 Å². The maximum atomic E-state index is 14.3. The van der Waals surface area contributed by atoms with E-state index in [4.69, 9.17) is 4.74 Å². The van der Waals surface area contributed by atoms with Crippen LogP contribution in [-0.4, -0.2) is 31.6 Å². The second kappa shape index (κ2) is 7.56. The Morgan fingerprint density at radius 3 is 2.37 bits per heavy atom. The summed E-state index contributed by atoms with van der Waals surface area (Å²) in [6.45, 7) is -0.0412. The molecule has 142 valence electrons. The van der Waals surface area contributed by atoms with Gasteiger partial charge in [0.1, 0.15) is 29.2 Å². The molecule has 0 aliphatic carbocycles.